The van der Waals surface area contributed by atoms with E-state index < -0.39 is 0 Å². The molecule has 86 valence electrons. The lowest BCUT2D eigenvalue weighted by molar-refractivity contribution is -0.121. The zero-order valence-electron chi connectivity index (χ0n) is 9.78. The molecule has 1 N–H and O–H groups in total. The van der Waals surface area contributed by atoms with Crippen molar-refractivity contribution in [3.05, 3.63) is 35.9 Å². The van der Waals surface area contributed by atoms with Crippen LogP contribution in [0.4, 0.5) is 0 Å². The lowest BCUT2D eigenvalue weighted by Crippen LogP contribution is -2.34. The Balaban J connectivity index is 1.71. The van der Waals surface area contributed by atoms with Crippen molar-refractivity contribution in [3.8, 4) is 0 Å². The number of hydrogen-bond donors (Lipinski definition) is 1. The molecule has 0 bridgehead atoms. The number of aryl methyl sites for hydroxylation is 1. The monoisotopic (exact) mass is 217 g/mol. The summed E-state index contributed by atoms with van der Waals surface area (Å²) in [6.45, 7) is 2.11. The smallest absolute Gasteiger partial charge is 0.220 e. The van der Waals surface area contributed by atoms with Crippen molar-refractivity contribution < 1.29 is 4.79 Å². The lowest BCUT2D eigenvalue weighted by Gasteiger charge is -2.12. The summed E-state index contributed by atoms with van der Waals surface area (Å²) in [7, 11) is 0. The van der Waals surface area contributed by atoms with Crippen LogP contribution in [0.5, 0.6) is 0 Å². The second kappa shape index (κ2) is 5.15. The molecule has 1 unspecified atom stereocenters. The van der Waals surface area contributed by atoms with E-state index in [-0.39, 0.29) is 5.91 Å². The maximum absolute atomic E-state index is 11.6. The summed E-state index contributed by atoms with van der Waals surface area (Å²) in [6, 6.07) is 10.5. The van der Waals surface area contributed by atoms with E-state index in [0.717, 1.165) is 12.3 Å². The van der Waals surface area contributed by atoms with Crippen molar-refractivity contribution in [1.82, 2.24) is 5.32 Å². The van der Waals surface area contributed by atoms with Gasteiger partial charge < -0.3 is 5.32 Å². The van der Waals surface area contributed by atoms with Gasteiger partial charge in [0.25, 0.3) is 0 Å². The number of amides is 1. The second-order valence-electron chi connectivity index (χ2n) is 4.68. The van der Waals surface area contributed by atoms with Gasteiger partial charge in [-0.05, 0) is 37.7 Å². The minimum Gasteiger partial charge on any atom is -0.353 e. The first-order valence-corrected chi connectivity index (χ1v) is 6.09. The van der Waals surface area contributed by atoms with Gasteiger partial charge in [0.2, 0.25) is 5.91 Å². The molecule has 1 saturated carbocycles. The predicted octanol–water partition coefficient (Wildman–Crippen LogP) is 2.53. The molecule has 1 fully saturated rings. The van der Waals surface area contributed by atoms with Crippen molar-refractivity contribution >= 4 is 5.91 Å². The Labute approximate surface area is 97.1 Å². The third kappa shape index (κ3) is 3.37. The molecule has 1 aliphatic rings. The van der Waals surface area contributed by atoms with Crippen LogP contribution in [0.25, 0.3) is 0 Å². The van der Waals surface area contributed by atoms with Gasteiger partial charge in [0.1, 0.15) is 0 Å². The van der Waals surface area contributed by atoms with Crippen LogP contribution in [0.15, 0.2) is 30.3 Å². The van der Waals surface area contributed by atoms with Crippen molar-refractivity contribution in [2.24, 2.45) is 5.92 Å². The highest BCUT2D eigenvalue weighted by Gasteiger charge is 2.28. The minimum atomic E-state index is 0.184. The van der Waals surface area contributed by atoms with Gasteiger partial charge in [0.05, 0.1) is 0 Å². The molecule has 0 spiro atoms. The maximum Gasteiger partial charge on any atom is 0.220 e. The van der Waals surface area contributed by atoms with Crippen molar-refractivity contribution in [2.75, 3.05) is 0 Å². The summed E-state index contributed by atoms with van der Waals surface area (Å²) in [6.07, 6.45) is 3.99. The average molecular weight is 217 g/mol. The van der Waals surface area contributed by atoms with Crippen LogP contribution >= 0.6 is 0 Å². The van der Waals surface area contributed by atoms with Crippen LogP contribution in [-0.2, 0) is 11.2 Å². The Morgan fingerprint density at radius 1 is 1.38 bits per heavy atom. The molecule has 1 atom stereocenters. The molecule has 0 saturated heterocycles. The summed E-state index contributed by atoms with van der Waals surface area (Å²) >= 11 is 0. The number of benzene rings is 1. The molecule has 2 heteroatoms. The van der Waals surface area contributed by atoms with Crippen LogP contribution in [0.2, 0.25) is 0 Å². The molecule has 1 amide bonds. The van der Waals surface area contributed by atoms with Gasteiger partial charge in [-0.1, -0.05) is 30.3 Å². The topological polar surface area (TPSA) is 29.1 Å². The third-order valence-electron chi connectivity index (χ3n) is 3.20. The number of carbonyl (C=O) groups excluding carboxylic acids is 1. The molecule has 1 aliphatic carbocycles. The highest BCUT2D eigenvalue weighted by Crippen LogP contribution is 2.32. The molecule has 1 aromatic carbocycles. The van der Waals surface area contributed by atoms with E-state index in [1.165, 1.54) is 18.4 Å². The van der Waals surface area contributed by atoms with Crippen molar-refractivity contribution in [3.63, 3.8) is 0 Å². The van der Waals surface area contributed by atoms with Gasteiger partial charge in [-0.25, -0.2) is 0 Å². The molecule has 0 aromatic heterocycles. The summed E-state index contributed by atoms with van der Waals surface area (Å²) in [5.41, 5.74) is 1.23. The Kier molecular flexibility index (Phi) is 3.60. The standard InChI is InChI=1S/C14H19NO/c1-11(13-8-9-13)15-14(16)10-7-12-5-3-2-4-6-12/h2-6,11,13H,7-10H2,1H3,(H,15,16). The first kappa shape index (κ1) is 11.2. The van der Waals surface area contributed by atoms with E-state index in [0.29, 0.717) is 12.5 Å². The van der Waals surface area contributed by atoms with Crippen LogP contribution in [-0.4, -0.2) is 11.9 Å². The average Bonchev–Trinajstić information content (AvgIpc) is 3.11. The predicted molar refractivity (Wildman–Crippen MR) is 65.1 cm³/mol. The fourth-order valence-corrected chi connectivity index (χ4v) is 1.94. The fraction of sp³-hybridized carbons (Fsp3) is 0.500. The highest BCUT2D eigenvalue weighted by molar-refractivity contribution is 5.76. The van der Waals surface area contributed by atoms with Gasteiger partial charge >= 0.3 is 0 Å². The van der Waals surface area contributed by atoms with E-state index in [1.54, 1.807) is 0 Å². The SMILES string of the molecule is CC(NC(=O)CCc1ccccc1)C1CC1. The van der Waals surface area contributed by atoms with Crippen molar-refractivity contribution in [2.45, 2.75) is 38.6 Å². The lowest BCUT2D eigenvalue weighted by atomic mass is 10.1. The summed E-state index contributed by atoms with van der Waals surface area (Å²) in [4.78, 5) is 11.6. The summed E-state index contributed by atoms with van der Waals surface area (Å²) in [5.74, 6) is 0.920. The van der Waals surface area contributed by atoms with E-state index in [1.807, 2.05) is 18.2 Å². The van der Waals surface area contributed by atoms with Crippen LogP contribution < -0.4 is 5.32 Å². The number of carbonyl (C=O) groups is 1. The molecular weight excluding hydrogens is 198 g/mol. The van der Waals surface area contributed by atoms with Gasteiger partial charge in [-0.3, -0.25) is 4.79 Å². The van der Waals surface area contributed by atoms with E-state index in [9.17, 15) is 4.79 Å². The van der Waals surface area contributed by atoms with Crippen LogP contribution in [0.3, 0.4) is 0 Å². The van der Waals surface area contributed by atoms with Crippen LogP contribution in [0, 0.1) is 5.92 Å². The van der Waals surface area contributed by atoms with Gasteiger partial charge in [-0.2, -0.15) is 0 Å². The van der Waals surface area contributed by atoms with Gasteiger partial charge in [0, 0.05) is 12.5 Å². The third-order valence-corrected chi connectivity index (χ3v) is 3.20. The van der Waals surface area contributed by atoms with E-state index in [2.05, 4.69) is 24.4 Å². The number of nitrogens with one attached hydrogen (secondary N) is 1. The molecule has 1 aromatic rings. The van der Waals surface area contributed by atoms with Crippen LogP contribution in [0.1, 0.15) is 31.7 Å². The molecule has 0 heterocycles. The van der Waals surface area contributed by atoms with Gasteiger partial charge in [0.15, 0.2) is 0 Å². The number of rotatable bonds is 5. The Morgan fingerprint density at radius 2 is 2.06 bits per heavy atom. The Morgan fingerprint density at radius 3 is 2.69 bits per heavy atom. The van der Waals surface area contributed by atoms with E-state index >= 15 is 0 Å². The first-order chi connectivity index (χ1) is 7.75. The normalized spacial score (nSPS) is 16.8. The zero-order chi connectivity index (χ0) is 11.4. The molecule has 0 radical (unpaired) electrons. The first-order valence-electron chi connectivity index (χ1n) is 6.09. The molecule has 2 nitrogen and oxygen atoms in total. The molecule has 0 aliphatic heterocycles. The quantitative estimate of drug-likeness (QED) is 0.806. The van der Waals surface area contributed by atoms with E-state index in [4.69, 9.17) is 0 Å². The Hall–Kier alpha value is -1.31. The zero-order valence-corrected chi connectivity index (χ0v) is 9.78. The highest BCUT2D eigenvalue weighted by atomic mass is 16.1. The Bertz CT molecular complexity index is 343. The maximum atomic E-state index is 11.6. The number of hydrogen-bond acceptors (Lipinski definition) is 1. The second-order valence-corrected chi connectivity index (χ2v) is 4.68. The van der Waals surface area contributed by atoms with Crippen molar-refractivity contribution in [1.29, 1.82) is 0 Å². The van der Waals surface area contributed by atoms with Gasteiger partial charge in [-0.15, -0.1) is 0 Å². The molecule has 16 heavy (non-hydrogen) atoms. The molecular formula is C14H19NO. The minimum absolute atomic E-state index is 0.184. The molecule has 2 rings (SSSR count). The fourth-order valence-electron chi connectivity index (χ4n) is 1.94. The largest absolute Gasteiger partial charge is 0.353 e. The summed E-state index contributed by atoms with van der Waals surface area (Å²) < 4.78 is 0. The summed E-state index contributed by atoms with van der Waals surface area (Å²) in [5, 5.41) is 3.07.